The molecule has 4 nitrogen and oxygen atoms in total. The molecule has 0 aliphatic carbocycles. The van der Waals surface area contributed by atoms with Crippen LogP contribution in [-0.4, -0.2) is 33.4 Å². The molecule has 0 N–H and O–H groups in total. The number of aryl methyl sites for hydroxylation is 1. The lowest BCUT2D eigenvalue weighted by atomic mass is 9.99. The maximum absolute atomic E-state index is 12.5. The first kappa shape index (κ1) is 16.1. The molecule has 1 unspecified atom stereocenters. The van der Waals surface area contributed by atoms with E-state index in [4.69, 9.17) is 0 Å². The van der Waals surface area contributed by atoms with Crippen LogP contribution in [0.15, 0.2) is 29.9 Å². The van der Waals surface area contributed by atoms with Crippen LogP contribution in [0.1, 0.15) is 44.7 Å². The molecule has 5 heteroatoms. The largest absolute Gasteiger partial charge is 0.340 e. The Kier molecular flexibility index (Phi) is 5.39. The average molecular weight is 329 g/mol. The lowest BCUT2D eigenvalue weighted by Crippen LogP contribution is -2.43. The zero-order valence-corrected chi connectivity index (χ0v) is 14.4. The number of likely N-dealkylation sites (tertiary alicyclic amines) is 1. The van der Waals surface area contributed by atoms with Gasteiger partial charge in [0, 0.05) is 42.3 Å². The summed E-state index contributed by atoms with van der Waals surface area (Å²) in [5, 5.41) is 3.07. The van der Waals surface area contributed by atoms with Gasteiger partial charge in [-0.1, -0.05) is 6.92 Å². The van der Waals surface area contributed by atoms with Gasteiger partial charge < -0.3 is 4.90 Å². The molecule has 122 valence electrons. The second kappa shape index (κ2) is 7.68. The van der Waals surface area contributed by atoms with Crippen LogP contribution in [0.25, 0.3) is 10.6 Å². The predicted molar refractivity (Wildman–Crippen MR) is 93.3 cm³/mol. The number of carbonyl (C=O) groups is 1. The van der Waals surface area contributed by atoms with Crippen LogP contribution in [0, 0.1) is 0 Å². The van der Waals surface area contributed by atoms with Gasteiger partial charge in [0.1, 0.15) is 5.01 Å². The van der Waals surface area contributed by atoms with Crippen LogP contribution >= 0.6 is 11.3 Å². The highest BCUT2D eigenvalue weighted by Crippen LogP contribution is 2.24. The van der Waals surface area contributed by atoms with Crippen molar-refractivity contribution in [1.82, 2.24) is 14.9 Å². The first-order chi connectivity index (χ1) is 11.3. The van der Waals surface area contributed by atoms with Crippen molar-refractivity contribution in [3.8, 4) is 10.6 Å². The second-order valence-corrected chi connectivity index (χ2v) is 6.88. The summed E-state index contributed by atoms with van der Waals surface area (Å²) in [4.78, 5) is 23.3. The van der Waals surface area contributed by atoms with E-state index >= 15 is 0 Å². The minimum absolute atomic E-state index is 0.287. The van der Waals surface area contributed by atoms with Crippen LogP contribution in [0.4, 0.5) is 0 Å². The van der Waals surface area contributed by atoms with Gasteiger partial charge in [-0.05, 0) is 44.2 Å². The number of hydrogen-bond donors (Lipinski definition) is 0. The lowest BCUT2D eigenvalue weighted by molar-refractivity contribution is -0.134. The fraction of sp³-hybridized carbons (Fsp3) is 0.500. The van der Waals surface area contributed by atoms with Gasteiger partial charge in [-0.25, -0.2) is 4.98 Å². The van der Waals surface area contributed by atoms with E-state index in [0.29, 0.717) is 12.5 Å². The number of nitrogens with zero attached hydrogens (tertiary/aromatic N) is 3. The monoisotopic (exact) mass is 329 g/mol. The van der Waals surface area contributed by atoms with Gasteiger partial charge in [0.15, 0.2) is 0 Å². The van der Waals surface area contributed by atoms with E-state index in [1.165, 1.54) is 6.42 Å². The Morgan fingerprint density at radius 1 is 1.35 bits per heavy atom. The van der Waals surface area contributed by atoms with E-state index in [0.717, 1.165) is 48.5 Å². The van der Waals surface area contributed by atoms with Crippen molar-refractivity contribution in [3.63, 3.8) is 0 Å². The summed E-state index contributed by atoms with van der Waals surface area (Å²) in [5.41, 5.74) is 2.10. The first-order valence-electron chi connectivity index (χ1n) is 8.42. The molecule has 2 aromatic rings. The first-order valence-corrected chi connectivity index (χ1v) is 9.30. The minimum Gasteiger partial charge on any atom is -0.340 e. The molecule has 0 saturated carbocycles. The van der Waals surface area contributed by atoms with Crippen molar-refractivity contribution in [2.45, 2.75) is 51.5 Å². The summed E-state index contributed by atoms with van der Waals surface area (Å²) in [5.74, 6) is 0.287. The van der Waals surface area contributed by atoms with Crippen molar-refractivity contribution in [3.05, 3.63) is 35.6 Å². The van der Waals surface area contributed by atoms with E-state index in [9.17, 15) is 4.79 Å². The number of hydrogen-bond acceptors (Lipinski definition) is 4. The number of rotatable bonds is 5. The molecule has 3 heterocycles. The molecule has 23 heavy (non-hydrogen) atoms. The fourth-order valence-electron chi connectivity index (χ4n) is 3.18. The molecule has 3 rings (SSSR count). The number of aromatic nitrogens is 2. The molecule has 1 aliphatic rings. The fourth-order valence-corrected chi connectivity index (χ4v) is 4.04. The third kappa shape index (κ3) is 3.96. The maximum Gasteiger partial charge on any atom is 0.223 e. The maximum atomic E-state index is 12.5. The molecule has 1 fully saturated rings. The minimum atomic E-state index is 0.287. The van der Waals surface area contributed by atoms with Crippen LogP contribution < -0.4 is 0 Å². The summed E-state index contributed by atoms with van der Waals surface area (Å²) < 4.78 is 0. The molecule has 1 amide bonds. The molecule has 0 aromatic carbocycles. The number of pyridine rings is 1. The highest BCUT2D eigenvalue weighted by Gasteiger charge is 2.24. The Hall–Kier alpha value is -1.75. The van der Waals surface area contributed by atoms with Gasteiger partial charge in [-0.15, -0.1) is 11.3 Å². The summed E-state index contributed by atoms with van der Waals surface area (Å²) >= 11 is 1.63. The average Bonchev–Trinajstić information content (AvgIpc) is 3.09. The molecular formula is C18H23N3OS. The van der Waals surface area contributed by atoms with Gasteiger partial charge in [0.05, 0.1) is 5.69 Å². The third-order valence-electron chi connectivity index (χ3n) is 4.49. The number of piperidine rings is 1. The van der Waals surface area contributed by atoms with Crippen molar-refractivity contribution < 1.29 is 4.79 Å². The zero-order valence-electron chi connectivity index (χ0n) is 13.6. The Morgan fingerprint density at radius 3 is 2.96 bits per heavy atom. The number of thiazole rings is 1. The zero-order chi connectivity index (χ0) is 16.1. The van der Waals surface area contributed by atoms with E-state index in [-0.39, 0.29) is 5.91 Å². The Balaban J connectivity index is 1.58. The molecule has 1 saturated heterocycles. The Labute approximate surface area is 141 Å². The van der Waals surface area contributed by atoms with Gasteiger partial charge >= 0.3 is 0 Å². The van der Waals surface area contributed by atoms with Crippen molar-refractivity contribution in [2.24, 2.45) is 0 Å². The molecule has 1 aliphatic heterocycles. The van der Waals surface area contributed by atoms with Gasteiger partial charge in [-0.3, -0.25) is 9.78 Å². The molecule has 1 atom stereocenters. The van der Waals surface area contributed by atoms with Crippen LogP contribution in [0.5, 0.6) is 0 Å². The second-order valence-electron chi connectivity index (χ2n) is 6.02. The smallest absolute Gasteiger partial charge is 0.223 e. The van der Waals surface area contributed by atoms with Crippen LogP contribution in [0.3, 0.4) is 0 Å². The number of carbonyl (C=O) groups excluding carboxylic acids is 1. The topological polar surface area (TPSA) is 46.1 Å². The van der Waals surface area contributed by atoms with Crippen molar-refractivity contribution in [2.75, 3.05) is 6.54 Å². The Morgan fingerprint density at radius 2 is 2.17 bits per heavy atom. The highest BCUT2D eigenvalue weighted by atomic mass is 32.1. The standard InChI is InChI=1S/C18H23N3OS/c1-2-16-5-3-4-12-21(16)17(22)7-6-15-13-23-18(20-15)14-8-10-19-11-9-14/h8-11,13,16H,2-7,12H2,1H3. The summed E-state index contributed by atoms with van der Waals surface area (Å²) in [7, 11) is 0. The molecule has 0 spiro atoms. The Bertz CT molecular complexity index is 641. The van der Waals surface area contributed by atoms with Gasteiger partial charge in [0.2, 0.25) is 5.91 Å². The molecule has 0 bridgehead atoms. The predicted octanol–water partition coefficient (Wildman–Crippen LogP) is 3.93. The van der Waals surface area contributed by atoms with Gasteiger partial charge in [-0.2, -0.15) is 0 Å². The third-order valence-corrected chi connectivity index (χ3v) is 5.43. The summed E-state index contributed by atoms with van der Waals surface area (Å²) in [6, 6.07) is 4.37. The van der Waals surface area contributed by atoms with Gasteiger partial charge in [0.25, 0.3) is 0 Å². The van der Waals surface area contributed by atoms with E-state index in [1.54, 1.807) is 23.7 Å². The van der Waals surface area contributed by atoms with Crippen molar-refractivity contribution >= 4 is 17.2 Å². The summed E-state index contributed by atoms with van der Waals surface area (Å²) in [6.45, 7) is 3.11. The van der Waals surface area contributed by atoms with Crippen molar-refractivity contribution in [1.29, 1.82) is 0 Å². The molecular weight excluding hydrogens is 306 g/mol. The van der Waals surface area contributed by atoms with E-state index in [1.807, 2.05) is 12.1 Å². The number of amides is 1. The summed E-state index contributed by atoms with van der Waals surface area (Å²) in [6.07, 6.45) is 9.47. The molecule has 2 aromatic heterocycles. The lowest BCUT2D eigenvalue weighted by Gasteiger charge is -2.35. The van der Waals surface area contributed by atoms with E-state index in [2.05, 4.69) is 27.2 Å². The quantitative estimate of drug-likeness (QED) is 0.835. The van der Waals surface area contributed by atoms with Crippen LogP contribution in [-0.2, 0) is 11.2 Å². The molecule has 0 radical (unpaired) electrons. The van der Waals surface area contributed by atoms with E-state index < -0.39 is 0 Å². The van der Waals surface area contributed by atoms with Crippen LogP contribution in [0.2, 0.25) is 0 Å². The highest BCUT2D eigenvalue weighted by molar-refractivity contribution is 7.13. The SMILES string of the molecule is CCC1CCCCN1C(=O)CCc1csc(-c2ccncc2)n1. The normalized spacial score (nSPS) is 18.1.